The van der Waals surface area contributed by atoms with Crippen LogP contribution in [0.2, 0.25) is 0 Å². The van der Waals surface area contributed by atoms with E-state index in [9.17, 15) is 8.42 Å². The van der Waals surface area contributed by atoms with E-state index in [2.05, 4.69) is 0 Å². The van der Waals surface area contributed by atoms with Gasteiger partial charge in [0.1, 0.15) is 0 Å². The van der Waals surface area contributed by atoms with Gasteiger partial charge in [0.15, 0.2) is 0 Å². The topological polar surface area (TPSA) is 55.8 Å². The SMILES string of the molecule is C[C@@H]1C[C@@H](S(=O)(=O)N2CCOC(C)(C)C2)CCO1. The molecule has 0 aromatic rings. The average molecular weight is 277 g/mol. The van der Waals surface area contributed by atoms with Crippen molar-refractivity contribution < 1.29 is 17.9 Å². The molecular weight excluding hydrogens is 254 g/mol. The van der Waals surface area contributed by atoms with Crippen LogP contribution in [-0.4, -0.2) is 56.0 Å². The lowest BCUT2D eigenvalue weighted by Gasteiger charge is -2.40. The van der Waals surface area contributed by atoms with Crippen LogP contribution >= 0.6 is 0 Å². The Balaban J connectivity index is 2.10. The molecule has 2 saturated heterocycles. The highest BCUT2D eigenvalue weighted by Gasteiger charge is 2.39. The molecule has 0 spiro atoms. The Kier molecular flexibility index (Phi) is 4.02. The van der Waals surface area contributed by atoms with E-state index in [-0.39, 0.29) is 17.0 Å². The standard InChI is InChI=1S/C12H23NO4S/c1-10-8-11(4-6-16-10)18(14,15)13-5-7-17-12(2,3)9-13/h10-11H,4-9H2,1-3H3/t10-,11+/m1/s1. The molecule has 0 amide bonds. The number of rotatable bonds is 2. The summed E-state index contributed by atoms with van der Waals surface area (Å²) in [5.41, 5.74) is -0.387. The zero-order chi connectivity index (χ0) is 13.4. The molecule has 2 heterocycles. The quantitative estimate of drug-likeness (QED) is 0.755. The molecule has 106 valence electrons. The van der Waals surface area contributed by atoms with Crippen LogP contribution in [0.1, 0.15) is 33.6 Å². The number of sulfonamides is 1. The first-order valence-electron chi connectivity index (χ1n) is 6.56. The zero-order valence-corrected chi connectivity index (χ0v) is 12.2. The van der Waals surface area contributed by atoms with E-state index < -0.39 is 10.0 Å². The number of nitrogens with zero attached hydrogens (tertiary/aromatic N) is 1. The van der Waals surface area contributed by atoms with Crippen molar-refractivity contribution in [2.75, 3.05) is 26.3 Å². The predicted octanol–water partition coefficient (Wildman–Crippen LogP) is 0.994. The van der Waals surface area contributed by atoms with Gasteiger partial charge in [-0.2, -0.15) is 4.31 Å². The van der Waals surface area contributed by atoms with Crippen molar-refractivity contribution in [3.8, 4) is 0 Å². The second-order valence-corrected chi connectivity index (χ2v) is 8.03. The Labute approximate surface area is 109 Å². The Morgan fingerprint density at radius 2 is 2.00 bits per heavy atom. The van der Waals surface area contributed by atoms with Crippen LogP contribution in [0, 0.1) is 0 Å². The highest BCUT2D eigenvalue weighted by Crippen LogP contribution is 2.26. The second-order valence-electron chi connectivity index (χ2n) is 5.81. The van der Waals surface area contributed by atoms with Gasteiger partial charge in [0.25, 0.3) is 0 Å². The van der Waals surface area contributed by atoms with Crippen molar-refractivity contribution in [2.45, 2.75) is 50.6 Å². The van der Waals surface area contributed by atoms with Crippen LogP contribution < -0.4 is 0 Å². The minimum absolute atomic E-state index is 0.0348. The van der Waals surface area contributed by atoms with Gasteiger partial charge in [-0.1, -0.05) is 0 Å². The van der Waals surface area contributed by atoms with Crippen molar-refractivity contribution in [1.82, 2.24) is 4.31 Å². The first-order chi connectivity index (χ1) is 8.31. The minimum Gasteiger partial charge on any atom is -0.378 e. The van der Waals surface area contributed by atoms with Gasteiger partial charge in [0, 0.05) is 19.7 Å². The lowest BCUT2D eigenvalue weighted by atomic mass is 10.1. The van der Waals surface area contributed by atoms with Crippen molar-refractivity contribution in [1.29, 1.82) is 0 Å². The molecule has 0 unspecified atom stereocenters. The van der Waals surface area contributed by atoms with Crippen LogP contribution in [0.4, 0.5) is 0 Å². The molecule has 2 fully saturated rings. The largest absolute Gasteiger partial charge is 0.378 e. The van der Waals surface area contributed by atoms with Gasteiger partial charge in [-0.25, -0.2) is 8.42 Å². The summed E-state index contributed by atoms with van der Waals surface area (Å²) < 4.78 is 37.8. The molecule has 0 N–H and O–H groups in total. The van der Waals surface area contributed by atoms with E-state index >= 15 is 0 Å². The highest BCUT2D eigenvalue weighted by atomic mass is 32.2. The minimum atomic E-state index is -3.22. The lowest BCUT2D eigenvalue weighted by Crippen LogP contribution is -2.53. The smallest absolute Gasteiger partial charge is 0.217 e. The maximum absolute atomic E-state index is 12.6. The van der Waals surface area contributed by atoms with Crippen LogP contribution in [-0.2, 0) is 19.5 Å². The van der Waals surface area contributed by atoms with Gasteiger partial charge in [-0.15, -0.1) is 0 Å². The van der Waals surface area contributed by atoms with Crippen LogP contribution in [0.5, 0.6) is 0 Å². The summed E-state index contributed by atoms with van der Waals surface area (Å²) in [6.07, 6.45) is 1.23. The fourth-order valence-corrected chi connectivity index (χ4v) is 4.78. The fraction of sp³-hybridized carbons (Fsp3) is 1.00. The molecule has 6 heteroatoms. The van der Waals surface area contributed by atoms with E-state index in [0.717, 1.165) is 0 Å². The van der Waals surface area contributed by atoms with Crippen molar-refractivity contribution in [2.24, 2.45) is 0 Å². The van der Waals surface area contributed by atoms with E-state index in [1.807, 2.05) is 20.8 Å². The summed E-state index contributed by atoms with van der Waals surface area (Å²) in [7, 11) is -3.22. The van der Waals surface area contributed by atoms with Crippen molar-refractivity contribution in [3.63, 3.8) is 0 Å². The van der Waals surface area contributed by atoms with Crippen molar-refractivity contribution >= 4 is 10.0 Å². The van der Waals surface area contributed by atoms with Crippen LogP contribution in [0.3, 0.4) is 0 Å². The number of morpholine rings is 1. The summed E-state index contributed by atoms with van der Waals surface area (Å²) in [5.74, 6) is 0. The molecule has 2 aliphatic rings. The third-order valence-electron chi connectivity index (χ3n) is 3.61. The van der Waals surface area contributed by atoms with Crippen LogP contribution in [0.15, 0.2) is 0 Å². The molecule has 0 aliphatic carbocycles. The Morgan fingerprint density at radius 1 is 1.28 bits per heavy atom. The van der Waals surface area contributed by atoms with E-state index in [1.54, 1.807) is 4.31 Å². The second kappa shape index (κ2) is 5.07. The molecule has 2 aliphatic heterocycles. The predicted molar refractivity (Wildman–Crippen MR) is 69.0 cm³/mol. The Hall–Kier alpha value is -0.170. The third-order valence-corrected chi connectivity index (χ3v) is 5.91. The lowest BCUT2D eigenvalue weighted by molar-refractivity contribution is -0.0646. The molecule has 0 aromatic carbocycles. The summed E-state index contributed by atoms with van der Waals surface area (Å²) in [5, 5.41) is -0.296. The highest BCUT2D eigenvalue weighted by molar-refractivity contribution is 7.89. The first-order valence-corrected chi connectivity index (χ1v) is 8.06. The Morgan fingerprint density at radius 3 is 2.61 bits per heavy atom. The molecule has 0 bridgehead atoms. The third kappa shape index (κ3) is 3.04. The maximum Gasteiger partial charge on any atom is 0.217 e. The average Bonchev–Trinajstić information content (AvgIpc) is 2.27. The maximum atomic E-state index is 12.6. The van der Waals surface area contributed by atoms with Gasteiger partial charge < -0.3 is 9.47 Å². The van der Waals surface area contributed by atoms with Crippen LogP contribution in [0.25, 0.3) is 0 Å². The molecule has 18 heavy (non-hydrogen) atoms. The zero-order valence-electron chi connectivity index (χ0n) is 11.4. The van der Waals surface area contributed by atoms with Gasteiger partial charge in [0.2, 0.25) is 10.0 Å². The molecule has 2 atom stereocenters. The summed E-state index contributed by atoms with van der Waals surface area (Å²) in [6, 6.07) is 0. The summed E-state index contributed by atoms with van der Waals surface area (Å²) in [4.78, 5) is 0. The van der Waals surface area contributed by atoms with Gasteiger partial charge in [-0.3, -0.25) is 0 Å². The van der Waals surface area contributed by atoms with Gasteiger partial charge in [0.05, 0.1) is 23.6 Å². The molecule has 0 aromatic heterocycles. The van der Waals surface area contributed by atoms with Gasteiger partial charge >= 0.3 is 0 Å². The number of hydrogen-bond acceptors (Lipinski definition) is 4. The molecular formula is C12H23NO4S. The summed E-state index contributed by atoms with van der Waals surface area (Å²) >= 11 is 0. The van der Waals surface area contributed by atoms with Crippen molar-refractivity contribution in [3.05, 3.63) is 0 Å². The van der Waals surface area contributed by atoms with E-state index in [1.165, 1.54) is 0 Å². The number of ether oxygens (including phenoxy) is 2. The normalized spacial score (nSPS) is 34.4. The van der Waals surface area contributed by atoms with E-state index in [0.29, 0.717) is 39.1 Å². The molecule has 0 radical (unpaired) electrons. The number of hydrogen-bond donors (Lipinski definition) is 0. The van der Waals surface area contributed by atoms with Gasteiger partial charge in [-0.05, 0) is 33.6 Å². The molecule has 0 saturated carbocycles. The summed E-state index contributed by atoms with van der Waals surface area (Å²) in [6.45, 7) is 7.73. The monoisotopic (exact) mass is 277 g/mol. The molecule has 5 nitrogen and oxygen atoms in total. The van der Waals surface area contributed by atoms with E-state index in [4.69, 9.17) is 9.47 Å². The first kappa shape index (κ1) is 14.2. The Bertz CT molecular complexity index is 393. The molecule has 2 rings (SSSR count). The fourth-order valence-electron chi connectivity index (χ4n) is 2.63.